The lowest BCUT2D eigenvalue weighted by atomic mass is 10.0. The zero-order chi connectivity index (χ0) is 13.0. The maximum absolute atomic E-state index is 11.9. The number of nitrogens with two attached hydrogens (primary N) is 1. The Balaban J connectivity index is 1.86. The minimum Gasteiger partial charge on any atom is -0.397 e. The summed E-state index contributed by atoms with van der Waals surface area (Å²) in [4.78, 5) is 18.2. The Bertz CT molecular complexity index is 404. The number of aromatic nitrogens is 1. The first kappa shape index (κ1) is 12.8. The van der Waals surface area contributed by atoms with Gasteiger partial charge in [-0.25, -0.2) is 4.98 Å². The third kappa shape index (κ3) is 3.20. The highest BCUT2D eigenvalue weighted by atomic mass is 16.1. The molecule has 1 amide bonds. The zero-order valence-electron chi connectivity index (χ0n) is 10.7. The summed E-state index contributed by atoms with van der Waals surface area (Å²) in [6, 6.07) is 3.78. The van der Waals surface area contributed by atoms with Crippen LogP contribution in [0.15, 0.2) is 18.3 Å². The molecule has 0 aliphatic carbocycles. The molecular formula is C13H20N4O. The van der Waals surface area contributed by atoms with E-state index in [1.165, 1.54) is 19.0 Å². The predicted octanol–water partition coefficient (Wildman–Crippen LogP) is 0.878. The van der Waals surface area contributed by atoms with Gasteiger partial charge in [0.25, 0.3) is 5.91 Å². The number of nitrogen functional groups attached to an aromatic ring is 1. The van der Waals surface area contributed by atoms with E-state index in [4.69, 9.17) is 5.73 Å². The molecule has 0 bridgehead atoms. The molecule has 1 aliphatic rings. The fourth-order valence-electron chi connectivity index (χ4n) is 2.24. The van der Waals surface area contributed by atoms with Gasteiger partial charge in [-0.15, -0.1) is 0 Å². The topological polar surface area (TPSA) is 71.2 Å². The minimum absolute atomic E-state index is 0.131. The van der Waals surface area contributed by atoms with E-state index in [0.29, 0.717) is 24.0 Å². The van der Waals surface area contributed by atoms with Crippen LogP contribution in [0.3, 0.4) is 0 Å². The van der Waals surface area contributed by atoms with Crippen molar-refractivity contribution in [3.8, 4) is 0 Å². The molecule has 18 heavy (non-hydrogen) atoms. The summed E-state index contributed by atoms with van der Waals surface area (Å²) in [5, 5.41) is 2.93. The van der Waals surface area contributed by atoms with Crippen LogP contribution in [0.1, 0.15) is 29.8 Å². The summed E-state index contributed by atoms with van der Waals surface area (Å²) in [6.07, 6.45) is 5.14. The molecular weight excluding hydrogens is 228 g/mol. The SMILES string of the molecule is CN1CCCCC1CNC(=O)c1ccc(N)cn1. The lowest BCUT2D eigenvalue weighted by Gasteiger charge is -2.32. The number of hydrogen-bond donors (Lipinski definition) is 2. The number of anilines is 1. The van der Waals surface area contributed by atoms with Crippen molar-refractivity contribution in [3.05, 3.63) is 24.0 Å². The normalized spacial score (nSPS) is 20.6. The first-order valence-electron chi connectivity index (χ1n) is 6.37. The van der Waals surface area contributed by atoms with E-state index >= 15 is 0 Å². The smallest absolute Gasteiger partial charge is 0.269 e. The van der Waals surface area contributed by atoms with Crippen molar-refractivity contribution in [2.75, 3.05) is 25.9 Å². The predicted molar refractivity (Wildman–Crippen MR) is 71.3 cm³/mol. The number of likely N-dealkylation sites (tertiary alicyclic amines) is 1. The van der Waals surface area contributed by atoms with Crippen LogP contribution in [0.4, 0.5) is 5.69 Å². The number of rotatable bonds is 3. The molecule has 3 N–H and O–H groups in total. The van der Waals surface area contributed by atoms with E-state index in [-0.39, 0.29) is 5.91 Å². The van der Waals surface area contributed by atoms with Crippen LogP contribution in [0.2, 0.25) is 0 Å². The standard InChI is InChI=1S/C13H20N4O/c1-17-7-3-2-4-11(17)9-16-13(18)12-6-5-10(14)8-15-12/h5-6,8,11H,2-4,7,9,14H2,1H3,(H,16,18). The summed E-state index contributed by atoms with van der Waals surface area (Å²) in [5.74, 6) is -0.131. The highest BCUT2D eigenvalue weighted by molar-refractivity contribution is 5.92. The fraction of sp³-hybridized carbons (Fsp3) is 0.538. The summed E-state index contributed by atoms with van der Waals surface area (Å²) >= 11 is 0. The lowest BCUT2D eigenvalue weighted by molar-refractivity contribution is 0.0923. The Morgan fingerprint density at radius 2 is 2.39 bits per heavy atom. The molecule has 1 unspecified atom stereocenters. The molecule has 2 rings (SSSR count). The van der Waals surface area contributed by atoms with Gasteiger partial charge in [-0.1, -0.05) is 6.42 Å². The molecule has 1 aromatic heterocycles. The van der Waals surface area contributed by atoms with E-state index in [2.05, 4.69) is 22.2 Å². The maximum atomic E-state index is 11.9. The quantitative estimate of drug-likeness (QED) is 0.833. The van der Waals surface area contributed by atoms with Crippen LogP contribution >= 0.6 is 0 Å². The number of likely N-dealkylation sites (N-methyl/N-ethyl adjacent to an activating group) is 1. The van der Waals surface area contributed by atoms with Crippen molar-refractivity contribution in [2.24, 2.45) is 0 Å². The van der Waals surface area contributed by atoms with Crippen LogP contribution in [0.25, 0.3) is 0 Å². The highest BCUT2D eigenvalue weighted by Gasteiger charge is 2.19. The Kier molecular flexibility index (Phi) is 4.15. The Morgan fingerprint density at radius 3 is 3.06 bits per heavy atom. The van der Waals surface area contributed by atoms with Gasteiger partial charge in [-0.3, -0.25) is 4.79 Å². The summed E-state index contributed by atoms with van der Waals surface area (Å²) in [6.45, 7) is 1.79. The van der Waals surface area contributed by atoms with Crippen LogP contribution in [0, 0.1) is 0 Å². The molecule has 1 aliphatic heterocycles. The number of hydrogen-bond acceptors (Lipinski definition) is 4. The van der Waals surface area contributed by atoms with Crippen molar-refractivity contribution in [2.45, 2.75) is 25.3 Å². The number of carbonyl (C=O) groups excluding carboxylic acids is 1. The molecule has 5 heteroatoms. The van der Waals surface area contributed by atoms with Gasteiger partial charge in [0.15, 0.2) is 0 Å². The molecule has 1 atom stereocenters. The number of nitrogens with one attached hydrogen (secondary N) is 1. The largest absolute Gasteiger partial charge is 0.397 e. The third-order valence-corrected chi connectivity index (χ3v) is 3.44. The number of piperidine rings is 1. The van der Waals surface area contributed by atoms with Crippen LogP contribution in [-0.4, -0.2) is 42.0 Å². The van der Waals surface area contributed by atoms with Crippen LogP contribution in [0.5, 0.6) is 0 Å². The first-order valence-corrected chi connectivity index (χ1v) is 6.37. The summed E-state index contributed by atoms with van der Waals surface area (Å²) in [5.41, 5.74) is 6.52. The lowest BCUT2D eigenvalue weighted by Crippen LogP contribution is -2.44. The summed E-state index contributed by atoms with van der Waals surface area (Å²) < 4.78 is 0. The Labute approximate surface area is 107 Å². The highest BCUT2D eigenvalue weighted by Crippen LogP contribution is 2.14. The maximum Gasteiger partial charge on any atom is 0.269 e. The molecule has 0 spiro atoms. The molecule has 1 saturated heterocycles. The van der Waals surface area contributed by atoms with Crippen molar-refractivity contribution in [3.63, 3.8) is 0 Å². The summed E-state index contributed by atoms with van der Waals surface area (Å²) in [7, 11) is 2.11. The van der Waals surface area contributed by atoms with E-state index in [1.807, 2.05) is 0 Å². The zero-order valence-corrected chi connectivity index (χ0v) is 10.7. The van der Waals surface area contributed by atoms with E-state index in [0.717, 1.165) is 13.0 Å². The average Bonchev–Trinajstić information content (AvgIpc) is 2.38. The van der Waals surface area contributed by atoms with Crippen molar-refractivity contribution < 1.29 is 4.79 Å². The fourth-order valence-corrected chi connectivity index (χ4v) is 2.24. The molecule has 0 aromatic carbocycles. The van der Waals surface area contributed by atoms with E-state index < -0.39 is 0 Å². The van der Waals surface area contributed by atoms with Gasteiger partial charge in [-0.05, 0) is 38.6 Å². The van der Waals surface area contributed by atoms with Gasteiger partial charge in [0.1, 0.15) is 5.69 Å². The Hall–Kier alpha value is -1.62. The third-order valence-electron chi connectivity index (χ3n) is 3.44. The Morgan fingerprint density at radius 1 is 1.56 bits per heavy atom. The molecule has 1 aromatic rings. The second kappa shape index (κ2) is 5.82. The molecule has 98 valence electrons. The van der Waals surface area contributed by atoms with Crippen molar-refractivity contribution in [1.29, 1.82) is 0 Å². The second-order valence-electron chi connectivity index (χ2n) is 4.82. The number of pyridine rings is 1. The monoisotopic (exact) mass is 248 g/mol. The molecule has 0 radical (unpaired) electrons. The minimum atomic E-state index is -0.131. The van der Waals surface area contributed by atoms with E-state index in [9.17, 15) is 4.79 Å². The van der Waals surface area contributed by atoms with Gasteiger partial charge in [0.05, 0.1) is 11.9 Å². The van der Waals surface area contributed by atoms with Crippen LogP contribution < -0.4 is 11.1 Å². The van der Waals surface area contributed by atoms with Gasteiger partial charge >= 0.3 is 0 Å². The molecule has 1 fully saturated rings. The number of nitrogens with zero attached hydrogens (tertiary/aromatic N) is 2. The van der Waals surface area contributed by atoms with E-state index in [1.54, 1.807) is 12.1 Å². The second-order valence-corrected chi connectivity index (χ2v) is 4.82. The van der Waals surface area contributed by atoms with Gasteiger partial charge in [0, 0.05) is 12.6 Å². The number of carbonyl (C=O) groups is 1. The van der Waals surface area contributed by atoms with Gasteiger partial charge < -0.3 is 16.0 Å². The van der Waals surface area contributed by atoms with Crippen molar-refractivity contribution in [1.82, 2.24) is 15.2 Å². The molecule has 2 heterocycles. The average molecular weight is 248 g/mol. The van der Waals surface area contributed by atoms with Crippen molar-refractivity contribution >= 4 is 11.6 Å². The molecule has 0 saturated carbocycles. The van der Waals surface area contributed by atoms with Gasteiger partial charge in [-0.2, -0.15) is 0 Å². The van der Waals surface area contributed by atoms with Crippen LogP contribution in [-0.2, 0) is 0 Å². The van der Waals surface area contributed by atoms with Gasteiger partial charge in [0.2, 0.25) is 0 Å². The first-order chi connectivity index (χ1) is 8.66. The molecule has 5 nitrogen and oxygen atoms in total. The number of amides is 1.